The van der Waals surface area contributed by atoms with Gasteiger partial charge in [0, 0.05) is 12.1 Å². The molecule has 8 nitrogen and oxygen atoms in total. The first-order chi connectivity index (χ1) is 10.0. The SMILES string of the molecule is CNC(Cc1ccc([N+](=O)[O-])cc1)c1ccc([N+](=O)[O-])o1. The van der Waals surface area contributed by atoms with Gasteiger partial charge in [-0.05, 0) is 25.1 Å². The topological polar surface area (TPSA) is 111 Å². The van der Waals surface area contributed by atoms with Crippen molar-refractivity contribution in [2.24, 2.45) is 0 Å². The van der Waals surface area contributed by atoms with Gasteiger partial charge in [-0.15, -0.1) is 0 Å². The van der Waals surface area contributed by atoms with E-state index in [1.54, 1.807) is 25.2 Å². The molecule has 1 heterocycles. The summed E-state index contributed by atoms with van der Waals surface area (Å²) in [6, 6.07) is 8.75. The van der Waals surface area contributed by atoms with E-state index in [-0.39, 0.29) is 17.6 Å². The molecule has 0 amide bonds. The van der Waals surface area contributed by atoms with Crippen molar-refractivity contribution in [3.8, 4) is 0 Å². The summed E-state index contributed by atoms with van der Waals surface area (Å²) in [6.45, 7) is 0. The second kappa shape index (κ2) is 6.14. The first-order valence-electron chi connectivity index (χ1n) is 6.16. The Labute approximate surface area is 119 Å². The predicted molar refractivity (Wildman–Crippen MR) is 74.0 cm³/mol. The van der Waals surface area contributed by atoms with E-state index < -0.39 is 9.85 Å². The maximum Gasteiger partial charge on any atom is 0.433 e. The highest BCUT2D eigenvalue weighted by atomic mass is 16.6. The predicted octanol–water partition coefficient (Wildman–Crippen LogP) is 2.60. The van der Waals surface area contributed by atoms with Crippen molar-refractivity contribution in [3.05, 3.63) is 68.0 Å². The molecule has 1 unspecified atom stereocenters. The zero-order valence-corrected chi connectivity index (χ0v) is 11.2. The van der Waals surface area contributed by atoms with E-state index in [1.807, 2.05) is 0 Å². The number of nitro benzene ring substituents is 1. The Morgan fingerprint density at radius 2 is 1.76 bits per heavy atom. The monoisotopic (exact) mass is 291 g/mol. The lowest BCUT2D eigenvalue weighted by Crippen LogP contribution is -2.18. The Hall–Kier alpha value is -2.74. The lowest BCUT2D eigenvalue weighted by atomic mass is 10.0. The van der Waals surface area contributed by atoms with Crippen LogP contribution in [-0.2, 0) is 6.42 Å². The number of likely N-dealkylation sites (N-methyl/N-ethyl adjacent to an activating group) is 1. The van der Waals surface area contributed by atoms with Crippen molar-refractivity contribution < 1.29 is 14.3 Å². The van der Waals surface area contributed by atoms with Gasteiger partial charge in [-0.2, -0.15) is 0 Å². The minimum atomic E-state index is -0.595. The summed E-state index contributed by atoms with van der Waals surface area (Å²) in [5, 5.41) is 24.2. The van der Waals surface area contributed by atoms with Crippen LogP contribution in [0.15, 0.2) is 40.8 Å². The van der Waals surface area contributed by atoms with Gasteiger partial charge >= 0.3 is 5.88 Å². The van der Waals surface area contributed by atoms with Crippen molar-refractivity contribution in [1.29, 1.82) is 0 Å². The van der Waals surface area contributed by atoms with E-state index in [4.69, 9.17) is 4.42 Å². The van der Waals surface area contributed by atoms with Gasteiger partial charge in [-0.1, -0.05) is 12.1 Å². The first kappa shape index (κ1) is 14.7. The van der Waals surface area contributed by atoms with Gasteiger partial charge in [0.2, 0.25) is 0 Å². The van der Waals surface area contributed by atoms with E-state index in [1.165, 1.54) is 18.2 Å². The molecule has 1 atom stereocenters. The lowest BCUT2D eigenvalue weighted by Gasteiger charge is -2.13. The minimum Gasteiger partial charge on any atom is -0.404 e. The van der Waals surface area contributed by atoms with E-state index >= 15 is 0 Å². The highest BCUT2D eigenvalue weighted by Crippen LogP contribution is 2.25. The van der Waals surface area contributed by atoms with Crippen LogP contribution in [0.4, 0.5) is 11.6 Å². The number of nitrogens with zero attached hydrogens (tertiary/aromatic N) is 2. The third-order valence-corrected chi connectivity index (χ3v) is 3.07. The molecular weight excluding hydrogens is 278 g/mol. The molecule has 2 aromatic rings. The molecule has 0 radical (unpaired) electrons. The third kappa shape index (κ3) is 3.42. The van der Waals surface area contributed by atoms with Crippen LogP contribution in [0.5, 0.6) is 0 Å². The maximum absolute atomic E-state index is 10.6. The molecule has 8 heteroatoms. The average molecular weight is 291 g/mol. The number of furan rings is 1. The van der Waals surface area contributed by atoms with Crippen LogP contribution in [0.1, 0.15) is 17.4 Å². The number of hydrogen-bond acceptors (Lipinski definition) is 6. The molecule has 110 valence electrons. The fraction of sp³-hybridized carbons (Fsp3) is 0.231. The van der Waals surface area contributed by atoms with Gasteiger partial charge in [0.25, 0.3) is 5.69 Å². The Morgan fingerprint density at radius 1 is 1.10 bits per heavy atom. The Kier molecular flexibility index (Phi) is 4.29. The van der Waals surface area contributed by atoms with Crippen LogP contribution < -0.4 is 5.32 Å². The lowest BCUT2D eigenvalue weighted by molar-refractivity contribution is -0.402. The fourth-order valence-corrected chi connectivity index (χ4v) is 1.96. The summed E-state index contributed by atoms with van der Waals surface area (Å²) >= 11 is 0. The molecule has 0 aliphatic carbocycles. The number of rotatable bonds is 6. The molecule has 1 N–H and O–H groups in total. The number of nitrogens with one attached hydrogen (secondary N) is 1. The first-order valence-corrected chi connectivity index (χ1v) is 6.16. The van der Waals surface area contributed by atoms with Crippen molar-refractivity contribution in [3.63, 3.8) is 0 Å². The number of benzene rings is 1. The van der Waals surface area contributed by atoms with Crippen LogP contribution in [0.2, 0.25) is 0 Å². The molecule has 1 aromatic carbocycles. The van der Waals surface area contributed by atoms with Crippen LogP contribution in [0.3, 0.4) is 0 Å². The average Bonchev–Trinajstić information content (AvgIpc) is 2.95. The van der Waals surface area contributed by atoms with E-state index in [2.05, 4.69) is 5.32 Å². The maximum atomic E-state index is 10.6. The second-order valence-corrected chi connectivity index (χ2v) is 4.40. The summed E-state index contributed by atoms with van der Waals surface area (Å²) in [7, 11) is 1.71. The van der Waals surface area contributed by atoms with Crippen molar-refractivity contribution in [2.45, 2.75) is 12.5 Å². The molecule has 0 saturated carbocycles. The zero-order chi connectivity index (χ0) is 15.4. The molecular formula is C13H13N3O5. The zero-order valence-electron chi connectivity index (χ0n) is 11.2. The molecule has 0 saturated heterocycles. The van der Waals surface area contributed by atoms with Crippen molar-refractivity contribution >= 4 is 11.6 Å². The molecule has 0 aliphatic heterocycles. The van der Waals surface area contributed by atoms with Crippen molar-refractivity contribution in [2.75, 3.05) is 7.05 Å². The quantitative estimate of drug-likeness (QED) is 0.646. The highest BCUT2D eigenvalue weighted by molar-refractivity contribution is 5.33. The summed E-state index contributed by atoms with van der Waals surface area (Å²) < 4.78 is 5.16. The van der Waals surface area contributed by atoms with E-state index in [0.29, 0.717) is 12.2 Å². The molecule has 0 spiro atoms. The molecule has 0 aliphatic rings. The fourth-order valence-electron chi connectivity index (χ4n) is 1.96. The van der Waals surface area contributed by atoms with Gasteiger partial charge in [0.15, 0.2) is 0 Å². The minimum absolute atomic E-state index is 0.0217. The van der Waals surface area contributed by atoms with Crippen LogP contribution in [0, 0.1) is 20.2 Å². The molecule has 2 rings (SSSR count). The Balaban J connectivity index is 2.14. The molecule has 21 heavy (non-hydrogen) atoms. The van der Waals surface area contributed by atoms with Gasteiger partial charge in [-0.25, -0.2) is 0 Å². The standard InChI is InChI=1S/C13H13N3O5/c1-14-11(12-6-7-13(21-12)16(19)20)8-9-2-4-10(5-3-9)15(17)18/h2-7,11,14H,8H2,1H3. The normalized spacial score (nSPS) is 12.0. The summed E-state index contributed by atoms with van der Waals surface area (Å²) in [4.78, 5) is 20.1. The Morgan fingerprint density at radius 3 is 2.24 bits per heavy atom. The van der Waals surface area contributed by atoms with E-state index in [0.717, 1.165) is 5.56 Å². The Bertz CT molecular complexity index is 650. The van der Waals surface area contributed by atoms with Crippen LogP contribution in [0.25, 0.3) is 0 Å². The molecule has 1 aromatic heterocycles. The number of non-ortho nitro benzene ring substituents is 1. The van der Waals surface area contributed by atoms with Crippen molar-refractivity contribution in [1.82, 2.24) is 5.32 Å². The third-order valence-electron chi connectivity index (χ3n) is 3.07. The summed E-state index contributed by atoms with van der Waals surface area (Å²) in [5.74, 6) is 0.136. The largest absolute Gasteiger partial charge is 0.433 e. The van der Waals surface area contributed by atoms with Crippen LogP contribution >= 0.6 is 0 Å². The molecule has 0 fully saturated rings. The highest BCUT2D eigenvalue weighted by Gasteiger charge is 2.19. The van der Waals surface area contributed by atoms with E-state index in [9.17, 15) is 20.2 Å². The number of hydrogen-bond donors (Lipinski definition) is 1. The number of nitro groups is 2. The van der Waals surface area contributed by atoms with Gasteiger partial charge in [0.05, 0.1) is 17.0 Å². The van der Waals surface area contributed by atoms with Crippen LogP contribution in [-0.4, -0.2) is 16.9 Å². The second-order valence-electron chi connectivity index (χ2n) is 4.40. The van der Waals surface area contributed by atoms with Gasteiger partial charge in [-0.3, -0.25) is 20.2 Å². The van der Waals surface area contributed by atoms with Gasteiger partial charge in [0.1, 0.15) is 10.7 Å². The van der Waals surface area contributed by atoms with Gasteiger partial charge < -0.3 is 9.73 Å². The smallest absolute Gasteiger partial charge is 0.404 e. The summed E-state index contributed by atoms with van der Waals surface area (Å²) in [5.41, 5.74) is 0.882. The summed E-state index contributed by atoms with van der Waals surface area (Å²) in [6.07, 6.45) is 0.499. The molecule has 0 bridgehead atoms.